The average molecular weight is 450 g/mol. The minimum absolute atomic E-state index is 0.244. The van der Waals surface area contributed by atoms with Crippen LogP contribution in [0.15, 0.2) is 36.5 Å². The third-order valence-electron chi connectivity index (χ3n) is 5.63. The van der Waals surface area contributed by atoms with Crippen LogP contribution in [0.2, 0.25) is 0 Å². The van der Waals surface area contributed by atoms with E-state index in [0.717, 1.165) is 50.9 Å². The summed E-state index contributed by atoms with van der Waals surface area (Å²) in [7, 11) is 0. The Labute approximate surface area is 191 Å². The van der Waals surface area contributed by atoms with Gasteiger partial charge in [-0.1, -0.05) is 29.5 Å². The lowest BCUT2D eigenvalue weighted by molar-refractivity contribution is 0.0240. The number of thiazole rings is 1. The minimum atomic E-state index is -0.478. The summed E-state index contributed by atoms with van der Waals surface area (Å²) in [6, 6.07) is 10.4. The summed E-state index contributed by atoms with van der Waals surface area (Å²) in [5.74, 6) is 0. The van der Waals surface area contributed by atoms with Crippen LogP contribution in [0.3, 0.4) is 0 Å². The van der Waals surface area contributed by atoms with Crippen LogP contribution in [-0.2, 0) is 4.74 Å². The van der Waals surface area contributed by atoms with Crippen LogP contribution in [0, 0.1) is 6.92 Å². The van der Waals surface area contributed by atoms with Crippen molar-refractivity contribution in [3.05, 3.63) is 42.2 Å². The second kappa shape index (κ2) is 7.78. The van der Waals surface area contributed by atoms with Gasteiger partial charge in [-0.2, -0.15) is 0 Å². The molecule has 1 amide bonds. The van der Waals surface area contributed by atoms with Gasteiger partial charge in [0, 0.05) is 54.2 Å². The smallest absolute Gasteiger partial charge is 0.410 e. The van der Waals surface area contributed by atoms with Gasteiger partial charge in [-0.05, 0) is 39.8 Å². The molecule has 8 heteroatoms. The van der Waals surface area contributed by atoms with Crippen molar-refractivity contribution < 1.29 is 9.53 Å². The van der Waals surface area contributed by atoms with Crippen LogP contribution < -0.4 is 4.90 Å². The molecule has 7 nitrogen and oxygen atoms in total. The molecule has 1 saturated heterocycles. The lowest BCUT2D eigenvalue weighted by Gasteiger charge is -2.35. The van der Waals surface area contributed by atoms with Crippen LogP contribution in [0.1, 0.15) is 26.5 Å². The van der Waals surface area contributed by atoms with Crippen molar-refractivity contribution in [1.29, 1.82) is 0 Å². The van der Waals surface area contributed by atoms with E-state index in [1.165, 1.54) is 5.39 Å². The first-order valence-electron chi connectivity index (χ1n) is 10.9. The summed E-state index contributed by atoms with van der Waals surface area (Å²) in [6.07, 6.45) is 1.61. The van der Waals surface area contributed by atoms with Gasteiger partial charge >= 0.3 is 6.09 Å². The molecule has 0 atom stereocenters. The Morgan fingerprint density at radius 1 is 1.12 bits per heavy atom. The third kappa shape index (κ3) is 3.79. The van der Waals surface area contributed by atoms with E-state index < -0.39 is 5.60 Å². The summed E-state index contributed by atoms with van der Waals surface area (Å²) in [6.45, 7) is 10.5. The van der Waals surface area contributed by atoms with Crippen LogP contribution in [0.5, 0.6) is 0 Å². The number of benzene rings is 1. The molecule has 5 rings (SSSR count). The first kappa shape index (κ1) is 20.8. The molecule has 1 fully saturated rings. The van der Waals surface area contributed by atoms with Gasteiger partial charge in [0.1, 0.15) is 11.2 Å². The highest BCUT2D eigenvalue weighted by atomic mass is 32.1. The van der Waals surface area contributed by atoms with Crippen LogP contribution in [0.25, 0.3) is 32.4 Å². The summed E-state index contributed by atoms with van der Waals surface area (Å²) in [5.41, 5.74) is 3.67. The Morgan fingerprint density at radius 3 is 2.62 bits per heavy atom. The number of para-hydroxylation sites is 1. The number of carbonyl (C=O) groups is 1. The molecule has 4 heterocycles. The van der Waals surface area contributed by atoms with E-state index >= 15 is 0 Å². The molecule has 32 heavy (non-hydrogen) atoms. The highest BCUT2D eigenvalue weighted by Gasteiger charge is 2.27. The molecule has 4 aromatic rings. The fraction of sp³-hybridized carbons (Fsp3) is 0.375. The molecule has 166 valence electrons. The van der Waals surface area contributed by atoms with E-state index in [0.29, 0.717) is 13.1 Å². The number of pyridine rings is 1. The molecule has 0 spiro atoms. The largest absolute Gasteiger partial charge is 0.444 e. The lowest BCUT2D eigenvalue weighted by atomic mass is 10.1. The number of fused-ring (bicyclic) bond motifs is 3. The van der Waals surface area contributed by atoms with Crippen molar-refractivity contribution in [3.63, 3.8) is 0 Å². The zero-order valence-corrected chi connectivity index (χ0v) is 19.6. The van der Waals surface area contributed by atoms with Crippen molar-refractivity contribution in [2.24, 2.45) is 0 Å². The molecule has 0 aliphatic carbocycles. The maximum atomic E-state index is 12.4. The number of aromatic nitrogens is 3. The third-order valence-corrected chi connectivity index (χ3v) is 6.88. The summed E-state index contributed by atoms with van der Waals surface area (Å²) < 4.78 is 5.51. The van der Waals surface area contributed by atoms with E-state index in [-0.39, 0.29) is 6.09 Å². The number of aryl methyl sites for hydroxylation is 1. The fourth-order valence-electron chi connectivity index (χ4n) is 4.13. The highest BCUT2D eigenvalue weighted by molar-refractivity contribution is 7.19. The topological polar surface area (TPSA) is 74.3 Å². The SMILES string of the molecule is Cc1nc(N2CCN(C(=O)OC(C)(C)C)CC2)sc1-c1ccnc2[nH]c3ccccc3c12. The second-order valence-corrected chi connectivity index (χ2v) is 10.1. The van der Waals surface area contributed by atoms with Gasteiger partial charge in [0.05, 0.1) is 10.6 Å². The molecule has 1 aliphatic rings. The van der Waals surface area contributed by atoms with Gasteiger partial charge in [0.25, 0.3) is 0 Å². The molecule has 0 saturated carbocycles. The number of amides is 1. The molecular weight excluding hydrogens is 422 g/mol. The van der Waals surface area contributed by atoms with E-state index in [1.807, 2.05) is 33.0 Å². The van der Waals surface area contributed by atoms with Crippen molar-refractivity contribution in [3.8, 4) is 10.4 Å². The van der Waals surface area contributed by atoms with Crippen LogP contribution in [-0.4, -0.2) is 57.7 Å². The van der Waals surface area contributed by atoms with Gasteiger partial charge in [0.15, 0.2) is 5.13 Å². The molecule has 0 radical (unpaired) electrons. The molecule has 0 unspecified atom stereocenters. The number of anilines is 1. The monoisotopic (exact) mass is 449 g/mol. The van der Waals surface area contributed by atoms with Gasteiger partial charge in [-0.3, -0.25) is 0 Å². The quantitative estimate of drug-likeness (QED) is 0.455. The van der Waals surface area contributed by atoms with Crippen molar-refractivity contribution in [2.75, 3.05) is 31.1 Å². The number of aromatic amines is 1. The number of hydrogen-bond acceptors (Lipinski definition) is 6. The lowest BCUT2D eigenvalue weighted by Crippen LogP contribution is -2.50. The zero-order chi connectivity index (χ0) is 22.5. The van der Waals surface area contributed by atoms with Crippen molar-refractivity contribution >= 4 is 44.5 Å². The first-order chi connectivity index (χ1) is 15.3. The number of nitrogens with zero attached hydrogens (tertiary/aromatic N) is 4. The zero-order valence-electron chi connectivity index (χ0n) is 18.8. The number of carbonyl (C=O) groups excluding carboxylic acids is 1. The highest BCUT2D eigenvalue weighted by Crippen LogP contribution is 2.40. The number of H-pyrrole nitrogens is 1. The molecule has 1 aliphatic heterocycles. The van der Waals surface area contributed by atoms with Crippen molar-refractivity contribution in [2.45, 2.75) is 33.3 Å². The molecule has 0 bridgehead atoms. The Kier molecular flexibility index (Phi) is 5.04. The van der Waals surface area contributed by atoms with Gasteiger partial charge < -0.3 is 19.5 Å². The molecule has 1 aromatic carbocycles. The average Bonchev–Trinajstić information content (AvgIpc) is 3.33. The predicted octanol–water partition coefficient (Wildman–Crippen LogP) is 5.21. The number of rotatable bonds is 2. The fourth-order valence-corrected chi connectivity index (χ4v) is 5.28. The number of piperazine rings is 1. The summed E-state index contributed by atoms with van der Waals surface area (Å²) in [4.78, 5) is 30.4. The molecule has 3 aromatic heterocycles. The second-order valence-electron chi connectivity index (χ2n) is 9.12. The molecule has 1 N–H and O–H groups in total. The van der Waals surface area contributed by atoms with Crippen LogP contribution in [0.4, 0.5) is 9.93 Å². The number of nitrogens with one attached hydrogen (secondary N) is 1. The Morgan fingerprint density at radius 2 is 1.88 bits per heavy atom. The Balaban J connectivity index is 1.41. The summed E-state index contributed by atoms with van der Waals surface area (Å²) in [5, 5.41) is 3.30. The van der Waals surface area contributed by atoms with Gasteiger partial charge in [-0.15, -0.1) is 0 Å². The number of hydrogen-bond donors (Lipinski definition) is 1. The van der Waals surface area contributed by atoms with Gasteiger partial charge in [0.2, 0.25) is 0 Å². The summed E-state index contributed by atoms with van der Waals surface area (Å²) >= 11 is 1.70. The number of ether oxygens (including phenoxy) is 1. The van der Waals surface area contributed by atoms with E-state index in [4.69, 9.17) is 9.72 Å². The van der Waals surface area contributed by atoms with E-state index in [1.54, 1.807) is 16.2 Å². The maximum Gasteiger partial charge on any atom is 0.410 e. The molecular formula is C24H27N5O2S. The van der Waals surface area contributed by atoms with E-state index in [9.17, 15) is 4.79 Å². The van der Waals surface area contributed by atoms with Gasteiger partial charge in [-0.25, -0.2) is 14.8 Å². The Hall–Kier alpha value is -3.13. The maximum absolute atomic E-state index is 12.4. The first-order valence-corrected chi connectivity index (χ1v) is 11.7. The van der Waals surface area contributed by atoms with E-state index in [2.05, 4.69) is 46.1 Å². The normalized spacial score (nSPS) is 15.0. The van der Waals surface area contributed by atoms with Crippen molar-refractivity contribution in [1.82, 2.24) is 19.9 Å². The Bertz CT molecular complexity index is 1290. The predicted molar refractivity (Wildman–Crippen MR) is 129 cm³/mol. The minimum Gasteiger partial charge on any atom is -0.444 e. The van der Waals surface area contributed by atoms with Crippen LogP contribution >= 0.6 is 11.3 Å². The standard InChI is InChI=1S/C24H27N5O2S/c1-15-20(17-9-10-25-21-19(17)16-7-5-6-8-18(16)27-21)32-22(26-15)28-11-13-29(14-12-28)23(30)31-24(2,3)4/h5-10H,11-14H2,1-4H3,(H,25,27).